The lowest BCUT2D eigenvalue weighted by molar-refractivity contribution is 0.690. The van der Waals surface area contributed by atoms with E-state index in [-0.39, 0.29) is 0 Å². The predicted octanol–water partition coefficient (Wildman–Crippen LogP) is 3.26. The molecule has 0 aliphatic heterocycles. The fourth-order valence-corrected chi connectivity index (χ4v) is 3.56. The van der Waals surface area contributed by atoms with Gasteiger partial charge in [0.15, 0.2) is 5.82 Å². The van der Waals surface area contributed by atoms with Gasteiger partial charge in [-0.05, 0) is 47.0 Å². The molecule has 5 N–H and O–H groups in total. The quantitative estimate of drug-likeness (QED) is 0.471. The van der Waals surface area contributed by atoms with Crippen LogP contribution in [0, 0.1) is 0 Å². The van der Waals surface area contributed by atoms with Gasteiger partial charge >= 0.3 is 0 Å². The number of rotatable bonds is 2. The minimum Gasteiger partial charge on any atom is -0.360 e. The average molecular weight is 375 g/mol. The van der Waals surface area contributed by atoms with Crippen molar-refractivity contribution in [2.24, 2.45) is 11.7 Å². The van der Waals surface area contributed by atoms with Gasteiger partial charge in [-0.2, -0.15) is 0 Å². The van der Waals surface area contributed by atoms with Gasteiger partial charge in [0.25, 0.3) is 0 Å². The molecule has 0 bridgehead atoms. The van der Waals surface area contributed by atoms with Gasteiger partial charge in [-0.25, -0.2) is 15.0 Å². The average Bonchev–Trinajstić information content (AvgIpc) is 3.28. The highest BCUT2D eigenvalue weighted by Gasteiger charge is 2.22. The maximum Gasteiger partial charge on any atom is 0.178 e. The Balaban J connectivity index is 0.000000753. The Morgan fingerprint density at radius 3 is 2.65 bits per heavy atom. The second-order valence-corrected chi connectivity index (χ2v) is 6.37. The van der Waals surface area contributed by atoms with Crippen LogP contribution in [0.15, 0.2) is 35.1 Å². The van der Waals surface area contributed by atoms with E-state index in [9.17, 15) is 0 Å². The molecule has 1 aliphatic carbocycles. The molecule has 120 valence electrons. The molecule has 0 aromatic carbocycles. The van der Waals surface area contributed by atoms with Crippen LogP contribution < -0.4 is 11.7 Å². The molecule has 1 saturated carbocycles. The van der Waals surface area contributed by atoms with Gasteiger partial charge in [0.05, 0.1) is 21.2 Å². The summed E-state index contributed by atoms with van der Waals surface area (Å²) in [4.78, 5) is 17.0. The molecule has 1 aliphatic rings. The van der Waals surface area contributed by atoms with Crippen LogP contribution in [0.5, 0.6) is 0 Å². The number of aromatic amines is 1. The third kappa shape index (κ3) is 3.26. The Labute approximate surface area is 142 Å². The molecule has 0 unspecified atom stereocenters. The van der Waals surface area contributed by atoms with Crippen LogP contribution in [-0.4, -0.2) is 19.9 Å². The van der Waals surface area contributed by atoms with Crippen molar-refractivity contribution in [3.63, 3.8) is 0 Å². The molecule has 3 aromatic rings. The Kier molecular flexibility index (Phi) is 5.00. The summed E-state index contributed by atoms with van der Waals surface area (Å²) in [6.07, 6.45) is 8.79. The van der Waals surface area contributed by atoms with Crippen molar-refractivity contribution in [1.29, 1.82) is 0 Å². The summed E-state index contributed by atoms with van der Waals surface area (Å²) < 4.78 is 1.01. The number of fused-ring (bicyclic) bond motifs is 1. The number of hydrogen-bond donors (Lipinski definition) is 3. The van der Waals surface area contributed by atoms with Crippen LogP contribution in [0.4, 0.5) is 0 Å². The third-order valence-corrected chi connectivity index (χ3v) is 4.76. The van der Waals surface area contributed by atoms with Gasteiger partial charge < -0.3 is 4.98 Å². The van der Waals surface area contributed by atoms with Crippen LogP contribution in [0.3, 0.4) is 0 Å². The molecule has 0 amide bonds. The van der Waals surface area contributed by atoms with Crippen molar-refractivity contribution in [1.82, 2.24) is 19.9 Å². The molecule has 23 heavy (non-hydrogen) atoms. The van der Waals surface area contributed by atoms with Gasteiger partial charge in [-0.15, -0.1) is 0 Å². The summed E-state index contributed by atoms with van der Waals surface area (Å²) in [7, 11) is 0. The first-order valence-corrected chi connectivity index (χ1v) is 8.41. The van der Waals surface area contributed by atoms with E-state index in [1.807, 2.05) is 30.6 Å². The second-order valence-electron chi connectivity index (χ2n) is 5.52. The number of nitrogens with one attached hydrogen (secondary N) is 1. The molecule has 0 atom stereocenters. The zero-order chi connectivity index (χ0) is 16.2. The fourth-order valence-electron chi connectivity index (χ4n) is 3.05. The second kappa shape index (κ2) is 7.16. The molecule has 4 rings (SSSR count). The molecule has 3 aromatic heterocycles. The van der Waals surface area contributed by atoms with Crippen LogP contribution in [0.1, 0.15) is 37.3 Å². The molecule has 6 nitrogen and oxygen atoms in total. The molecule has 0 saturated heterocycles. The van der Waals surface area contributed by atoms with Crippen molar-refractivity contribution in [2.45, 2.75) is 31.6 Å². The lowest BCUT2D eigenvalue weighted by Crippen LogP contribution is -2.02. The van der Waals surface area contributed by atoms with Crippen molar-refractivity contribution in [3.8, 4) is 11.5 Å². The zero-order valence-corrected chi connectivity index (χ0v) is 14.3. The molecule has 7 heteroatoms. The van der Waals surface area contributed by atoms with Crippen LogP contribution in [-0.2, 0) is 0 Å². The zero-order valence-electron chi connectivity index (χ0n) is 12.7. The van der Waals surface area contributed by atoms with Gasteiger partial charge in [-0.1, -0.05) is 12.8 Å². The Morgan fingerprint density at radius 2 is 1.87 bits per heavy atom. The SMILES string of the molecule is Brc1cnc(-c2ccc3[nH]ccc3n2)nc1C1CCCC1.NN. The molecule has 3 heterocycles. The maximum atomic E-state index is 4.79. The summed E-state index contributed by atoms with van der Waals surface area (Å²) in [5, 5.41) is 0. The van der Waals surface area contributed by atoms with Crippen LogP contribution in [0.2, 0.25) is 0 Å². The molecule has 0 radical (unpaired) electrons. The topological polar surface area (TPSA) is 106 Å². The standard InChI is InChI=1S/C16H15BrN4.H4N2/c17-11-9-19-16(21-15(11)10-3-1-2-4-10)14-6-5-12-13(20-14)7-8-18-12;1-2/h5-10,18H,1-4H2;1-2H2. The first kappa shape index (κ1) is 16.0. The van der Waals surface area contributed by atoms with Crippen LogP contribution >= 0.6 is 15.9 Å². The smallest absolute Gasteiger partial charge is 0.178 e. The van der Waals surface area contributed by atoms with Gasteiger partial charge in [-0.3, -0.25) is 11.7 Å². The number of H-pyrrole nitrogens is 1. The Hall–Kier alpha value is -1.83. The number of hydrogen-bond acceptors (Lipinski definition) is 5. The highest BCUT2D eigenvalue weighted by molar-refractivity contribution is 9.10. The van der Waals surface area contributed by atoms with E-state index in [2.05, 4.69) is 42.6 Å². The number of nitrogens with zero attached hydrogens (tertiary/aromatic N) is 3. The van der Waals surface area contributed by atoms with Gasteiger partial charge in [0, 0.05) is 18.3 Å². The monoisotopic (exact) mass is 374 g/mol. The first-order chi connectivity index (χ1) is 11.3. The lowest BCUT2D eigenvalue weighted by atomic mass is 10.0. The van der Waals surface area contributed by atoms with E-state index >= 15 is 0 Å². The highest BCUT2D eigenvalue weighted by atomic mass is 79.9. The normalized spacial score (nSPS) is 14.7. The minimum atomic E-state index is 0.553. The first-order valence-electron chi connectivity index (χ1n) is 7.61. The summed E-state index contributed by atoms with van der Waals surface area (Å²) in [6.45, 7) is 0. The summed E-state index contributed by atoms with van der Waals surface area (Å²) in [6, 6.07) is 5.97. The van der Waals surface area contributed by atoms with E-state index in [0.29, 0.717) is 11.7 Å². The van der Waals surface area contributed by atoms with E-state index in [1.54, 1.807) is 0 Å². The molecular weight excluding hydrogens is 356 g/mol. The highest BCUT2D eigenvalue weighted by Crippen LogP contribution is 2.36. The fraction of sp³-hybridized carbons (Fsp3) is 0.312. The molecule has 0 spiro atoms. The predicted molar refractivity (Wildman–Crippen MR) is 94.4 cm³/mol. The van der Waals surface area contributed by atoms with Crippen molar-refractivity contribution < 1.29 is 0 Å². The van der Waals surface area contributed by atoms with Gasteiger partial charge in [0.1, 0.15) is 5.69 Å². The van der Waals surface area contributed by atoms with E-state index in [4.69, 9.17) is 4.98 Å². The van der Waals surface area contributed by atoms with E-state index in [1.165, 1.54) is 25.7 Å². The number of hydrazine groups is 1. The molecular formula is C16H19BrN6. The number of nitrogens with two attached hydrogens (primary N) is 2. The summed E-state index contributed by atoms with van der Waals surface area (Å²) in [5.74, 6) is 9.26. The number of aromatic nitrogens is 4. The van der Waals surface area contributed by atoms with E-state index in [0.717, 1.165) is 26.9 Å². The lowest BCUT2D eigenvalue weighted by Gasteiger charge is -2.11. The maximum absolute atomic E-state index is 4.79. The Morgan fingerprint density at radius 1 is 1.09 bits per heavy atom. The Bertz CT molecular complexity index is 794. The largest absolute Gasteiger partial charge is 0.360 e. The third-order valence-electron chi connectivity index (χ3n) is 4.15. The van der Waals surface area contributed by atoms with Crippen molar-refractivity contribution >= 4 is 27.0 Å². The number of pyridine rings is 1. The van der Waals surface area contributed by atoms with Crippen molar-refractivity contribution in [2.75, 3.05) is 0 Å². The van der Waals surface area contributed by atoms with Crippen molar-refractivity contribution in [3.05, 3.63) is 40.8 Å². The minimum absolute atomic E-state index is 0.553. The number of halogens is 1. The summed E-state index contributed by atoms with van der Waals surface area (Å²) >= 11 is 3.60. The van der Waals surface area contributed by atoms with Gasteiger partial charge in [0.2, 0.25) is 0 Å². The van der Waals surface area contributed by atoms with E-state index < -0.39 is 0 Å². The van der Waals surface area contributed by atoms with Crippen LogP contribution in [0.25, 0.3) is 22.6 Å². The summed E-state index contributed by atoms with van der Waals surface area (Å²) in [5.41, 5.74) is 3.94. The molecule has 1 fully saturated rings.